The van der Waals surface area contributed by atoms with Crippen LogP contribution in [0.4, 0.5) is 0 Å². The number of Topliss-reactive ketones (excluding diaryl/α,β-unsaturated/α-hetero) is 1. The summed E-state index contributed by atoms with van der Waals surface area (Å²) >= 11 is 6.13. The first-order valence-electron chi connectivity index (χ1n) is 20.1. The van der Waals surface area contributed by atoms with Crippen molar-refractivity contribution in [2.24, 2.45) is 56.2 Å². The highest BCUT2D eigenvalue weighted by Crippen LogP contribution is 2.77. The molecule has 0 spiro atoms. The predicted octanol–water partition coefficient (Wildman–Crippen LogP) is 9.55. The summed E-state index contributed by atoms with van der Waals surface area (Å²) in [6.07, 6.45) is 7.44. The largest absolute Gasteiger partial charge is 0.462 e. The third kappa shape index (κ3) is 5.98. The Bertz CT molecular complexity index is 1790. The molecule has 2 aromatic rings. The van der Waals surface area contributed by atoms with Crippen molar-refractivity contribution in [3.63, 3.8) is 0 Å². The van der Waals surface area contributed by atoms with E-state index in [0.29, 0.717) is 53.2 Å². The quantitative estimate of drug-likeness (QED) is 0.202. The van der Waals surface area contributed by atoms with Gasteiger partial charge in [0.05, 0.1) is 6.42 Å². The van der Waals surface area contributed by atoms with Gasteiger partial charge >= 0.3 is 5.97 Å². The van der Waals surface area contributed by atoms with E-state index in [1.165, 1.54) is 5.57 Å². The summed E-state index contributed by atoms with van der Waals surface area (Å²) in [7, 11) is 0. The van der Waals surface area contributed by atoms with Gasteiger partial charge in [0.15, 0.2) is 12.1 Å². The smallest absolute Gasteiger partial charge is 0.306 e. The van der Waals surface area contributed by atoms with Crippen LogP contribution in [-0.4, -0.2) is 44.6 Å². The fourth-order valence-corrected chi connectivity index (χ4v) is 13.2. The molecule has 1 aromatic carbocycles. The van der Waals surface area contributed by atoms with Crippen molar-refractivity contribution in [2.45, 2.75) is 145 Å². The van der Waals surface area contributed by atoms with Crippen molar-refractivity contribution in [2.75, 3.05) is 0 Å². The molecule has 8 nitrogen and oxygen atoms in total. The second-order valence-electron chi connectivity index (χ2n) is 20.0. The third-order valence-electron chi connectivity index (χ3n) is 16.1. The summed E-state index contributed by atoms with van der Waals surface area (Å²) in [5.41, 5.74) is 2.00. The number of esters is 1. The molecule has 8 atom stereocenters. The van der Waals surface area contributed by atoms with Crippen LogP contribution in [0.5, 0.6) is 0 Å². The Kier molecular flexibility index (Phi) is 9.50. The van der Waals surface area contributed by atoms with Gasteiger partial charge in [-0.15, -0.1) is 10.2 Å². The predicted molar refractivity (Wildman–Crippen MR) is 204 cm³/mol. The zero-order valence-corrected chi connectivity index (χ0v) is 34.1. The monoisotopic (exact) mass is 748 g/mol. The van der Waals surface area contributed by atoms with E-state index < -0.39 is 11.7 Å². The number of halogens is 1. The number of carbonyl (C=O) groups is 2. The zero-order valence-electron chi connectivity index (χ0n) is 33.4. The minimum absolute atomic E-state index is 0.0287. The molecule has 4 fully saturated rings. The number of aliphatic hydroxyl groups is 2. The van der Waals surface area contributed by atoms with E-state index >= 15 is 0 Å². The number of hydrogen-bond donors (Lipinski definition) is 2. The summed E-state index contributed by atoms with van der Waals surface area (Å²) in [5, 5.41) is 29.2. The molecule has 0 saturated heterocycles. The molecule has 0 amide bonds. The minimum Gasteiger partial charge on any atom is -0.462 e. The SMILES string of the molecule is CC(C)C1=C2[C@H]3CC[C@@H]4[C@@]5(C)CCC(OC(=O)CC(C)(C)C(O)O)C(C)(C)[C@@H]5CC[C@@]4(C)[C@]3(C)CCC2(Cc2nnc(-c3ccc(Cl)cc3)o2)CC1=O. The Morgan fingerprint density at radius 1 is 0.943 bits per heavy atom. The average Bonchev–Trinajstić information content (AvgIpc) is 3.64. The summed E-state index contributed by atoms with van der Waals surface area (Å²) in [4.78, 5) is 27.3. The van der Waals surface area contributed by atoms with Gasteiger partial charge in [-0.1, -0.05) is 79.5 Å². The van der Waals surface area contributed by atoms with Crippen LogP contribution in [0.2, 0.25) is 5.02 Å². The number of nitrogens with zero attached hydrogens (tertiary/aromatic N) is 2. The number of hydrogen-bond acceptors (Lipinski definition) is 8. The molecule has 9 heteroatoms. The number of ether oxygens (including phenoxy) is 1. The van der Waals surface area contributed by atoms with Crippen LogP contribution in [-0.2, 0) is 20.7 Å². The first kappa shape index (κ1) is 38.7. The van der Waals surface area contributed by atoms with Gasteiger partial charge < -0.3 is 19.4 Å². The number of carbonyl (C=O) groups excluding carboxylic acids is 2. The Morgan fingerprint density at radius 3 is 2.30 bits per heavy atom. The maximum absolute atomic E-state index is 14.1. The van der Waals surface area contributed by atoms with Gasteiger partial charge in [-0.2, -0.15) is 0 Å². The van der Waals surface area contributed by atoms with Crippen LogP contribution >= 0.6 is 11.6 Å². The molecule has 53 heavy (non-hydrogen) atoms. The van der Waals surface area contributed by atoms with Crippen LogP contribution in [0.3, 0.4) is 0 Å². The van der Waals surface area contributed by atoms with Crippen LogP contribution in [0.1, 0.15) is 132 Å². The number of aliphatic hydroxyl groups excluding tert-OH is 1. The molecule has 1 aromatic heterocycles. The average molecular weight is 749 g/mol. The summed E-state index contributed by atoms with van der Waals surface area (Å²) in [5.74, 6) is 2.39. The molecule has 5 aliphatic carbocycles. The Hall–Kier alpha value is -2.55. The van der Waals surface area contributed by atoms with Gasteiger partial charge in [0, 0.05) is 39.7 Å². The van der Waals surface area contributed by atoms with E-state index in [9.17, 15) is 19.8 Å². The Morgan fingerprint density at radius 2 is 1.64 bits per heavy atom. The lowest BCUT2D eigenvalue weighted by Crippen LogP contribution is -2.65. The van der Waals surface area contributed by atoms with Crippen LogP contribution in [0.25, 0.3) is 11.5 Å². The lowest BCUT2D eigenvalue weighted by atomic mass is 9.33. The van der Waals surface area contributed by atoms with E-state index in [1.807, 2.05) is 24.3 Å². The molecule has 0 radical (unpaired) electrons. The molecule has 4 saturated carbocycles. The van der Waals surface area contributed by atoms with Crippen LogP contribution in [0, 0.1) is 56.2 Å². The number of aromatic nitrogens is 2. The fourth-order valence-electron chi connectivity index (χ4n) is 13.1. The van der Waals surface area contributed by atoms with Crippen LogP contribution in [0.15, 0.2) is 39.8 Å². The maximum atomic E-state index is 14.1. The first-order valence-corrected chi connectivity index (χ1v) is 20.5. The van der Waals surface area contributed by atoms with Crippen molar-refractivity contribution in [3.8, 4) is 11.5 Å². The van der Waals surface area contributed by atoms with Crippen LogP contribution < -0.4 is 0 Å². The Labute approximate surface area is 320 Å². The molecule has 0 aliphatic heterocycles. The molecule has 5 aliphatic rings. The molecule has 0 bridgehead atoms. The second kappa shape index (κ2) is 13.0. The highest BCUT2D eigenvalue weighted by Gasteiger charge is 2.70. The molecular formula is C44H61ClN2O6. The van der Waals surface area contributed by atoms with Crippen molar-refractivity contribution < 1.29 is 29.0 Å². The number of ketones is 1. The first-order chi connectivity index (χ1) is 24.7. The highest BCUT2D eigenvalue weighted by atomic mass is 35.5. The molecule has 1 heterocycles. The number of fused-ring (bicyclic) bond motifs is 7. The summed E-state index contributed by atoms with van der Waals surface area (Å²) < 4.78 is 12.5. The topological polar surface area (TPSA) is 123 Å². The summed E-state index contributed by atoms with van der Waals surface area (Å²) in [6.45, 7) is 20.0. The van der Waals surface area contributed by atoms with E-state index in [-0.39, 0.29) is 51.5 Å². The molecule has 2 unspecified atom stereocenters. The lowest BCUT2D eigenvalue weighted by Gasteiger charge is -2.72. The normalized spacial score (nSPS) is 36.6. The lowest BCUT2D eigenvalue weighted by molar-refractivity contribution is -0.234. The number of rotatable bonds is 8. The van der Waals surface area contributed by atoms with Gasteiger partial charge in [-0.05, 0) is 121 Å². The minimum atomic E-state index is -1.59. The fraction of sp³-hybridized carbons (Fsp3) is 0.727. The summed E-state index contributed by atoms with van der Waals surface area (Å²) in [6, 6.07) is 7.44. The highest BCUT2D eigenvalue weighted by molar-refractivity contribution is 6.30. The molecule has 2 N–H and O–H groups in total. The van der Waals surface area contributed by atoms with Crippen molar-refractivity contribution in [1.29, 1.82) is 0 Å². The van der Waals surface area contributed by atoms with E-state index in [4.69, 9.17) is 20.8 Å². The van der Waals surface area contributed by atoms with E-state index in [1.54, 1.807) is 13.8 Å². The molecule has 290 valence electrons. The van der Waals surface area contributed by atoms with Gasteiger partial charge in [0.25, 0.3) is 0 Å². The maximum Gasteiger partial charge on any atom is 0.306 e. The van der Waals surface area contributed by atoms with Gasteiger partial charge in [-0.25, -0.2) is 0 Å². The standard InChI is InChI=1S/C44H61ClN2O6/c1-25(2)35-29(48)22-44(23-33-46-47-37(53-33)26-10-12-27(45)13-11-26)21-20-42(8)28(36(35)44)14-15-31-41(7)18-17-32(52-34(49)24-39(3,4)38(50)51)40(5,6)30(41)16-19-43(31,42)9/h10-13,25,28,30-32,38,50-51H,14-24H2,1-9H3/t28-,30+,31-,32?,41+,42-,43-,44?/m1/s1. The molecule has 7 rings (SSSR count). The Balaban J connectivity index is 1.17. The zero-order chi connectivity index (χ0) is 38.5. The van der Waals surface area contributed by atoms with E-state index in [0.717, 1.165) is 62.5 Å². The van der Waals surface area contributed by atoms with Crippen molar-refractivity contribution in [1.82, 2.24) is 10.2 Å². The number of allylic oxidation sites excluding steroid dienone is 2. The van der Waals surface area contributed by atoms with Gasteiger partial charge in [-0.3, -0.25) is 9.59 Å². The van der Waals surface area contributed by atoms with E-state index in [2.05, 4.69) is 58.7 Å². The third-order valence-corrected chi connectivity index (χ3v) is 16.4. The second-order valence-corrected chi connectivity index (χ2v) is 20.5. The van der Waals surface area contributed by atoms with Crippen molar-refractivity contribution in [3.05, 3.63) is 46.3 Å². The molecular weight excluding hydrogens is 688 g/mol. The van der Waals surface area contributed by atoms with Gasteiger partial charge in [0.1, 0.15) is 6.10 Å². The number of benzene rings is 1. The van der Waals surface area contributed by atoms with Crippen molar-refractivity contribution >= 4 is 23.4 Å². The van der Waals surface area contributed by atoms with Gasteiger partial charge in [0.2, 0.25) is 11.8 Å².